The van der Waals surface area contributed by atoms with Gasteiger partial charge in [-0.25, -0.2) is 0 Å². The maximum atomic E-state index is 5.65. The molecule has 2 aromatic carbocycles. The molecule has 3 heteroatoms. The fraction of sp³-hybridized carbons (Fsp3) is 0.231. The van der Waals surface area contributed by atoms with E-state index >= 15 is 0 Å². The molecule has 16 heavy (non-hydrogen) atoms. The van der Waals surface area contributed by atoms with Gasteiger partial charge in [0.05, 0.1) is 11.1 Å². The van der Waals surface area contributed by atoms with Gasteiger partial charge in [-0.15, -0.1) is 11.6 Å². The van der Waals surface area contributed by atoms with Crippen LogP contribution in [0.5, 0.6) is 5.75 Å². The first-order valence-electron chi connectivity index (χ1n) is 5.19. The molecule has 0 aliphatic carbocycles. The molecule has 0 saturated heterocycles. The molecule has 0 aromatic heterocycles. The molecule has 0 spiro atoms. The van der Waals surface area contributed by atoms with E-state index in [0.29, 0.717) is 12.5 Å². The van der Waals surface area contributed by atoms with E-state index < -0.39 is 0 Å². The summed E-state index contributed by atoms with van der Waals surface area (Å²) in [6.45, 7) is 0.653. The van der Waals surface area contributed by atoms with Gasteiger partial charge in [0.1, 0.15) is 5.75 Å². The van der Waals surface area contributed by atoms with Crippen LogP contribution < -0.4 is 4.74 Å². The molecule has 0 atom stereocenters. The van der Waals surface area contributed by atoms with Crippen molar-refractivity contribution >= 4 is 38.3 Å². The minimum atomic E-state index is 0.630. The van der Waals surface area contributed by atoms with Gasteiger partial charge in [-0.2, -0.15) is 0 Å². The van der Waals surface area contributed by atoms with Crippen LogP contribution >= 0.6 is 27.5 Å². The number of alkyl halides is 1. The van der Waals surface area contributed by atoms with Crippen molar-refractivity contribution in [3.05, 3.63) is 40.9 Å². The van der Waals surface area contributed by atoms with Crippen LogP contribution in [0.25, 0.3) is 10.8 Å². The van der Waals surface area contributed by atoms with Gasteiger partial charge < -0.3 is 4.74 Å². The number of halogens is 2. The second kappa shape index (κ2) is 5.55. The number of ether oxygens (including phenoxy) is 1. The number of hydrogen-bond donors (Lipinski definition) is 0. The lowest BCUT2D eigenvalue weighted by Gasteiger charge is -2.09. The number of benzene rings is 2. The van der Waals surface area contributed by atoms with E-state index in [1.807, 2.05) is 18.2 Å². The van der Waals surface area contributed by atoms with Gasteiger partial charge in [0, 0.05) is 5.88 Å². The lowest BCUT2D eigenvalue weighted by molar-refractivity contribution is 0.317. The average Bonchev–Trinajstić information content (AvgIpc) is 2.33. The first-order valence-corrected chi connectivity index (χ1v) is 6.51. The van der Waals surface area contributed by atoms with Gasteiger partial charge in [-0.1, -0.05) is 30.3 Å². The fourth-order valence-electron chi connectivity index (χ4n) is 1.56. The van der Waals surface area contributed by atoms with Crippen LogP contribution in [0.2, 0.25) is 0 Å². The van der Waals surface area contributed by atoms with Gasteiger partial charge in [-0.05, 0) is 39.2 Å². The van der Waals surface area contributed by atoms with E-state index in [9.17, 15) is 0 Å². The highest BCUT2D eigenvalue weighted by Crippen LogP contribution is 2.32. The normalized spacial score (nSPS) is 10.6. The monoisotopic (exact) mass is 298 g/mol. The van der Waals surface area contributed by atoms with E-state index in [1.165, 1.54) is 10.8 Å². The van der Waals surface area contributed by atoms with Gasteiger partial charge >= 0.3 is 0 Å². The summed E-state index contributed by atoms with van der Waals surface area (Å²) in [7, 11) is 0. The molecule has 0 fully saturated rings. The molecule has 0 heterocycles. The largest absolute Gasteiger partial charge is 0.492 e. The van der Waals surface area contributed by atoms with Crippen LogP contribution in [-0.2, 0) is 0 Å². The number of rotatable bonds is 4. The van der Waals surface area contributed by atoms with E-state index in [1.54, 1.807) is 0 Å². The molecule has 0 saturated carbocycles. The SMILES string of the molecule is ClCCCOc1ccc2ccccc2c1Br. The molecular formula is C13H12BrClO. The molecule has 0 aliphatic rings. The molecule has 2 rings (SSSR count). The molecule has 0 bridgehead atoms. The van der Waals surface area contributed by atoms with Crippen molar-refractivity contribution in [2.24, 2.45) is 0 Å². The minimum Gasteiger partial charge on any atom is -0.492 e. The number of hydrogen-bond acceptors (Lipinski definition) is 1. The smallest absolute Gasteiger partial charge is 0.134 e. The molecular weight excluding hydrogens is 287 g/mol. The maximum absolute atomic E-state index is 5.65. The Morgan fingerprint density at radius 1 is 1.12 bits per heavy atom. The molecule has 0 unspecified atom stereocenters. The lowest BCUT2D eigenvalue weighted by Crippen LogP contribution is -1.98. The Balaban J connectivity index is 2.29. The summed E-state index contributed by atoms with van der Waals surface area (Å²) in [6.07, 6.45) is 0.862. The maximum Gasteiger partial charge on any atom is 0.134 e. The van der Waals surface area contributed by atoms with E-state index in [0.717, 1.165) is 16.6 Å². The molecule has 0 amide bonds. The third-order valence-electron chi connectivity index (χ3n) is 2.36. The Hall–Kier alpha value is -0.730. The standard InChI is InChI=1S/C13H12BrClO/c14-13-11-5-2-1-4-10(11)6-7-12(13)16-9-3-8-15/h1-2,4-7H,3,8-9H2. The van der Waals surface area contributed by atoms with E-state index in [2.05, 4.69) is 34.1 Å². The summed E-state index contributed by atoms with van der Waals surface area (Å²) >= 11 is 9.19. The van der Waals surface area contributed by atoms with Crippen LogP contribution in [0.15, 0.2) is 40.9 Å². The highest BCUT2D eigenvalue weighted by molar-refractivity contribution is 9.10. The zero-order valence-electron chi connectivity index (χ0n) is 8.75. The van der Waals surface area contributed by atoms with E-state index in [4.69, 9.17) is 16.3 Å². The van der Waals surface area contributed by atoms with Crippen molar-refractivity contribution in [1.82, 2.24) is 0 Å². The summed E-state index contributed by atoms with van der Waals surface area (Å²) in [4.78, 5) is 0. The lowest BCUT2D eigenvalue weighted by atomic mass is 10.1. The molecule has 2 aromatic rings. The molecule has 0 N–H and O–H groups in total. The van der Waals surface area contributed by atoms with E-state index in [-0.39, 0.29) is 0 Å². The van der Waals surface area contributed by atoms with Crippen molar-refractivity contribution in [3.63, 3.8) is 0 Å². The molecule has 84 valence electrons. The van der Waals surface area contributed by atoms with Crippen LogP contribution in [0.3, 0.4) is 0 Å². The quantitative estimate of drug-likeness (QED) is 0.592. The highest BCUT2D eigenvalue weighted by Gasteiger charge is 2.05. The predicted octanol–water partition coefficient (Wildman–Crippen LogP) is 4.61. The fourth-order valence-corrected chi connectivity index (χ4v) is 2.28. The van der Waals surface area contributed by atoms with Crippen molar-refractivity contribution in [2.45, 2.75) is 6.42 Å². The Labute approximate surface area is 108 Å². The third kappa shape index (κ3) is 2.50. The Kier molecular flexibility index (Phi) is 4.08. The summed E-state index contributed by atoms with van der Waals surface area (Å²) in [5, 5.41) is 2.38. The van der Waals surface area contributed by atoms with Crippen LogP contribution in [-0.4, -0.2) is 12.5 Å². The minimum absolute atomic E-state index is 0.630. The summed E-state index contributed by atoms with van der Waals surface area (Å²) in [5.74, 6) is 1.51. The van der Waals surface area contributed by atoms with Crippen molar-refractivity contribution in [3.8, 4) is 5.75 Å². The topological polar surface area (TPSA) is 9.23 Å². The van der Waals surface area contributed by atoms with Crippen molar-refractivity contribution < 1.29 is 4.74 Å². The number of fused-ring (bicyclic) bond motifs is 1. The van der Waals surface area contributed by atoms with Crippen LogP contribution in [0.4, 0.5) is 0 Å². The van der Waals surface area contributed by atoms with Gasteiger partial charge in [0.15, 0.2) is 0 Å². The van der Waals surface area contributed by atoms with Gasteiger partial charge in [0.2, 0.25) is 0 Å². The van der Waals surface area contributed by atoms with Gasteiger partial charge in [0.25, 0.3) is 0 Å². The van der Waals surface area contributed by atoms with Crippen LogP contribution in [0.1, 0.15) is 6.42 Å². The summed E-state index contributed by atoms with van der Waals surface area (Å²) in [5.41, 5.74) is 0. The Morgan fingerprint density at radius 3 is 2.75 bits per heavy atom. The highest BCUT2D eigenvalue weighted by atomic mass is 79.9. The van der Waals surface area contributed by atoms with Crippen molar-refractivity contribution in [2.75, 3.05) is 12.5 Å². The molecule has 0 radical (unpaired) electrons. The average molecular weight is 300 g/mol. The Morgan fingerprint density at radius 2 is 1.94 bits per heavy atom. The zero-order chi connectivity index (χ0) is 11.4. The van der Waals surface area contributed by atoms with Gasteiger partial charge in [-0.3, -0.25) is 0 Å². The summed E-state index contributed by atoms with van der Waals surface area (Å²) < 4.78 is 6.67. The third-order valence-corrected chi connectivity index (χ3v) is 3.45. The molecule has 1 nitrogen and oxygen atoms in total. The first kappa shape index (κ1) is 11.7. The zero-order valence-corrected chi connectivity index (χ0v) is 11.1. The Bertz CT molecular complexity index is 484. The second-order valence-corrected chi connectivity index (χ2v) is 4.66. The molecule has 0 aliphatic heterocycles. The first-order chi connectivity index (χ1) is 7.83. The van der Waals surface area contributed by atoms with Crippen LogP contribution in [0, 0.1) is 0 Å². The predicted molar refractivity (Wildman–Crippen MR) is 72.5 cm³/mol. The second-order valence-electron chi connectivity index (χ2n) is 3.49. The van der Waals surface area contributed by atoms with Crippen molar-refractivity contribution in [1.29, 1.82) is 0 Å². The summed E-state index contributed by atoms with van der Waals surface area (Å²) in [6, 6.07) is 12.3.